The van der Waals surface area contributed by atoms with Crippen molar-refractivity contribution in [3.8, 4) is 0 Å². The van der Waals surface area contributed by atoms with Gasteiger partial charge in [-0.3, -0.25) is 4.79 Å². The number of anilines is 1. The van der Waals surface area contributed by atoms with Crippen LogP contribution in [0, 0.1) is 6.92 Å². The van der Waals surface area contributed by atoms with Gasteiger partial charge >= 0.3 is 0 Å². The van der Waals surface area contributed by atoms with Crippen LogP contribution in [0.3, 0.4) is 0 Å². The molecule has 5 nitrogen and oxygen atoms in total. The number of aryl methyl sites for hydroxylation is 1. The fraction of sp³-hybridized carbons (Fsp3) is 0.261. The summed E-state index contributed by atoms with van der Waals surface area (Å²) in [5.41, 5.74) is 2.30. The molecular weight excluding hydrogens is 448 g/mol. The van der Waals surface area contributed by atoms with Crippen LogP contribution in [0.1, 0.15) is 5.56 Å². The Kier molecular flexibility index (Phi) is 7.37. The summed E-state index contributed by atoms with van der Waals surface area (Å²) in [6.07, 6.45) is 3.38. The summed E-state index contributed by atoms with van der Waals surface area (Å²) in [7, 11) is 0. The Morgan fingerprint density at radius 2 is 1.74 bits per heavy atom. The van der Waals surface area contributed by atoms with E-state index in [-0.39, 0.29) is 5.91 Å². The fourth-order valence-electron chi connectivity index (χ4n) is 3.36. The Hall–Kier alpha value is -2.22. The number of thioether (sulfide) groups is 1. The molecular formula is C23H23ClN4OS2. The third kappa shape index (κ3) is 5.73. The highest BCUT2D eigenvalue weighted by Crippen LogP contribution is 2.34. The molecule has 1 fully saturated rings. The Labute approximate surface area is 196 Å². The van der Waals surface area contributed by atoms with E-state index in [4.69, 9.17) is 11.6 Å². The number of hydrogen-bond acceptors (Lipinski definition) is 6. The highest BCUT2D eigenvalue weighted by molar-refractivity contribution is 8.02. The van der Waals surface area contributed by atoms with E-state index in [2.05, 4.69) is 40.0 Å². The zero-order chi connectivity index (χ0) is 21.6. The molecule has 0 radical (unpaired) electrons. The van der Waals surface area contributed by atoms with Gasteiger partial charge in [-0.1, -0.05) is 59.4 Å². The Morgan fingerprint density at radius 3 is 2.48 bits per heavy atom. The van der Waals surface area contributed by atoms with Gasteiger partial charge in [0, 0.05) is 54.2 Å². The number of nitrogens with zero attached hydrogens (tertiary/aromatic N) is 4. The number of carbonyl (C=O) groups excluding carboxylic acids is 1. The lowest BCUT2D eigenvalue weighted by Crippen LogP contribution is -2.49. The van der Waals surface area contributed by atoms with Crippen molar-refractivity contribution >= 4 is 46.7 Å². The lowest BCUT2D eigenvalue weighted by Gasteiger charge is -2.36. The number of amides is 1. The molecule has 2 heterocycles. The molecule has 3 aromatic rings. The van der Waals surface area contributed by atoms with Crippen molar-refractivity contribution < 1.29 is 4.79 Å². The zero-order valence-electron chi connectivity index (χ0n) is 17.2. The van der Waals surface area contributed by atoms with Crippen molar-refractivity contribution in [2.24, 2.45) is 0 Å². The van der Waals surface area contributed by atoms with Crippen LogP contribution in [0.15, 0.2) is 75.9 Å². The first-order chi connectivity index (χ1) is 15.1. The number of rotatable bonds is 6. The molecule has 1 aliphatic rings. The van der Waals surface area contributed by atoms with Crippen molar-refractivity contribution in [2.45, 2.75) is 21.9 Å². The number of aromatic nitrogens is 2. The van der Waals surface area contributed by atoms with Gasteiger partial charge < -0.3 is 9.80 Å². The van der Waals surface area contributed by atoms with E-state index in [0.717, 1.165) is 38.7 Å². The van der Waals surface area contributed by atoms with Gasteiger partial charge in [0.2, 0.25) is 5.91 Å². The third-order valence-electron chi connectivity index (χ3n) is 5.07. The molecule has 8 heteroatoms. The van der Waals surface area contributed by atoms with Crippen LogP contribution in [-0.4, -0.2) is 52.7 Å². The smallest absolute Gasteiger partial charge is 0.233 e. The lowest BCUT2D eigenvalue weighted by molar-refractivity contribution is -0.128. The maximum Gasteiger partial charge on any atom is 0.233 e. The second-order valence-corrected chi connectivity index (χ2v) is 9.60. The Balaban J connectivity index is 1.33. The minimum Gasteiger partial charge on any atom is -0.368 e. The Bertz CT molecular complexity index is 1060. The highest BCUT2D eigenvalue weighted by atomic mass is 35.5. The van der Waals surface area contributed by atoms with E-state index in [0.29, 0.717) is 18.8 Å². The van der Waals surface area contributed by atoms with Crippen molar-refractivity contribution in [2.75, 3.05) is 36.8 Å². The number of benzene rings is 2. The molecule has 4 rings (SSSR count). The van der Waals surface area contributed by atoms with Gasteiger partial charge in [-0.15, -0.1) is 0 Å². The molecule has 2 aromatic carbocycles. The number of halogens is 1. The molecule has 0 saturated carbocycles. The maximum absolute atomic E-state index is 12.8. The molecule has 1 aliphatic heterocycles. The Morgan fingerprint density at radius 1 is 1.00 bits per heavy atom. The standard InChI is InChI=1S/C23H23ClN4OS2/c1-17-5-2-3-8-20(17)31-23-22(25-9-10-26-23)30-16-21(29)28-13-11-27(12-14-28)19-7-4-6-18(24)15-19/h2-10,15H,11-14,16H2,1H3. The summed E-state index contributed by atoms with van der Waals surface area (Å²) in [4.78, 5) is 27.1. The summed E-state index contributed by atoms with van der Waals surface area (Å²) in [6, 6.07) is 16.1. The van der Waals surface area contributed by atoms with Gasteiger partial charge in [-0.05, 0) is 36.8 Å². The molecule has 1 aromatic heterocycles. The van der Waals surface area contributed by atoms with Gasteiger partial charge in [0.15, 0.2) is 0 Å². The van der Waals surface area contributed by atoms with Gasteiger partial charge in [0.25, 0.3) is 0 Å². The quantitative estimate of drug-likeness (QED) is 0.471. The van der Waals surface area contributed by atoms with Crippen molar-refractivity contribution in [3.63, 3.8) is 0 Å². The summed E-state index contributed by atoms with van der Waals surface area (Å²) < 4.78 is 0. The van der Waals surface area contributed by atoms with E-state index in [1.165, 1.54) is 17.3 Å². The number of carbonyl (C=O) groups is 1. The van der Waals surface area contributed by atoms with Gasteiger partial charge in [0.05, 0.1) is 5.75 Å². The van der Waals surface area contributed by atoms with Crippen LogP contribution in [0.4, 0.5) is 5.69 Å². The van der Waals surface area contributed by atoms with Crippen molar-refractivity contribution in [1.29, 1.82) is 0 Å². The van der Waals surface area contributed by atoms with E-state index in [1.54, 1.807) is 24.2 Å². The minimum atomic E-state index is 0.133. The van der Waals surface area contributed by atoms with Gasteiger partial charge in [-0.25, -0.2) is 9.97 Å². The summed E-state index contributed by atoms with van der Waals surface area (Å²) in [5.74, 6) is 0.491. The van der Waals surface area contributed by atoms with Crippen LogP contribution in [0.25, 0.3) is 0 Å². The first-order valence-corrected chi connectivity index (χ1v) is 12.2. The van der Waals surface area contributed by atoms with Gasteiger partial charge in [-0.2, -0.15) is 0 Å². The van der Waals surface area contributed by atoms with E-state index in [1.807, 2.05) is 35.2 Å². The summed E-state index contributed by atoms with van der Waals surface area (Å²) in [6.45, 7) is 5.10. The topological polar surface area (TPSA) is 49.3 Å². The zero-order valence-corrected chi connectivity index (χ0v) is 19.6. The molecule has 0 N–H and O–H groups in total. The molecule has 0 bridgehead atoms. The van der Waals surface area contributed by atoms with Crippen molar-refractivity contribution in [3.05, 3.63) is 71.5 Å². The number of hydrogen-bond donors (Lipinski definition) is 0. The van der Waals surface area contributed by atoms with Crippen molar-refractivity contribution in [1.82, 2.24) is 14.9 Å². The highest BCUT2D eigenvalue weighted by Gasteiger charge is 2.22. The van der Waals surface area contributed by atoms with Crippen LogP contribution in [0.5, 0.6) is 0 Å². The van der Waals surface area contributed by atoms with Gasteiger partial charge in [0.1, 0.15) is 10.1 Å². The number of piperazine rings is 1. The predicted octanol–water partition coefficient (Wildman–Crippen LogP) is 5.03. The SMILES string of the molecule is Cc1ccccc1Sc1nccnc1SCC(=O)N1CCN(c2cccc(Cl)c2)CC1. The molecule has 31 heavy (non-hydrogen) atoms. The third-order valence-corrected chi connectivity index (χ3v) is 7.57. The van der Waals surface area contributed by atoms with Crippen LogP contribution in [0.2, 0.25) is 5.02 Å². The van der Waals surface area contributed by atoms with E-state index < -0.39 is 0 Å². The average Bonchev–Trinajstić information content (AvgIpc) is 2.80. The fourth-order valence-corrected chi connectivity index (χ4v) is 5.44. The van der Waals surface area contributed by atoms with E-state index in [9.17, 15) is 4.79 Å². The monoisotopic (exact) mass is 470 g/mol. The normalized spacial score (nSPS) is 14.0. The molecule has 0 atom stereocenters. The maximum atomic E-state index is 12.8. The summed E-state index contributed by atoms with van der Waals surface area (Å²) in [5, 5.41) is 2.36. The van der Waals surface area contributed by atoms with Crippen LogP contribution >= 0.6 is 35.1 Å². The molecule has 1 saturated heterocycles. The van der Waals surface area contributed by atoms with Crippen LogP contribution < -0.4 is 4.90 Å². The minimum absolute atomic E-state index is 0.133. The summed E-state index contributed by atoms with van der Waals surface area (Å²) >= 11 is 9.16. The van der Waals surface area contributed by atoms with E-state index >= 15 is 0 Å². The largest absolute Gasteiger partial charge is 0.368 e. The lowest BCUT2D eigenvalue weighted by atomic mass is 10.2. The second-order valence-electron chi connectivity index (χ2n) is 7.17. The molecule has 0 unspecified atom stereocenters. The average molecular weight is 471 g/mol. The first kappa shape index (κ1) is 22.0. The molecule has 0 spiro atoms. The van der Waals surface area contributed by atoms with Crippen LogP contribution in [-0.2, 0) is 4.79 Å². The predicted molar refractivity (Wildman–Crippen MR) is 128 cm³/mol. The molecule has 1 amide bonds. The molecule has 160 valence electrons. The molecule has 0 aliphatic carbocycles. The first-order valence-electron chi connectivity index (χ1n) is 10.1. The second kappa shape index (κ2) is 10.4.